The molecule has 2 aromatic carbocycles. The first-order valence-corrected chi connectivity index (χ1v) is 6.25. The Bertz CT molecular complexity index is 548. The first-order valence-electron chi connectivity index (χ1n) is 6.25. The van der Waals surface area contributed by atoms with Crippen LogP contribution in [0, 0.1) is 12.7 Å². The lowest BCUT2D eigenvalue weighted by Gasteiger charge is -2.21. The second kappa shape index (κ2) is 4.56. The minimum Gasteiger partial charge on any atom is -0.206 e. The average molecular weight is 242 g/mol. The van der Waals surface area contributed by atoms with E-state index in [0.717, 1.165) is 5.56 Å². The number of hydrogen-bond donors (Lipinski definition) is 0. The summed E-state index contributed by atoms with van der Waals surface area (Å²) in [6.07, 6.45) is 0. The smallest absolute Gasteiger partial charge is 0.133 e. The van der Waals surface area contributed by atoms with Gasteiger partial charge in [-0.25, -0.2) is 4.39 Å². The Morgan fingerprint density at radius 2 is 1.56 bits per heavy atom. The molecule has 0 spiro atoms. The van der Waals surface area contributed by atoms with Crippen molar-refractivity contribution < 1.29 is 4.39 Å². The predicted octanol–water partition coefficient (Wildman–Crippen LogP) is 5.10. The van der Waals surface area contributed by atoms with E-state index in [1.807, 2.05) is 49.4 Å². The second-order valence-electron chi connectivity index (χ2n) is 5.77. The monoisotopic (exact) mass is 242 g/mol. The number of halogens is 1. The van der Waals surface area contributed by atoms with E-state index < -0.39 is 0 Å². The lowest BCUT2D eigenvalue weighted by atomic mass is 9.84. The maximum absolute atomic E-state index is 14.3. The van der Waals surface area contributed by atoms with Crippen LogP contribution in [0.4, 0.5) is 4.39 Å². The topological polar surface area (TPSA) is 0 Å². The first-order chi connectivity index (χ1) is 8.39. The molecular formula is C17H19F. The highest BCUT2D eigenvalue weighted by Crippen LogP contribution is 2.31. The summed E-state index contributed by atoms with van der Waals surface area (Å²) in [6, 6.07) is 13.6. The van der Waals surface area contributed by atoms with E-state index in [0.29, 0.717) is 11.1 Å². The Kier molecular flexibility index (Phi) is 3.25. The normalized spacial score (nSPS) is 11.6. The Balaban J connectivity index is 2.64. The van der Waals surface area contributed by atoms with Crippen molar-refractivity contribution in [2.45, 2.75) is 33.1 Å². The van der Waals surface area contributed by atoms with Gasteiger partial charge in [-0.05, 0) is 35.1 Å². The van der Waals surface area contributed by atoms with Crippen LogP contribution in [0.1, 0.15) is 31.9 Å². The molecule has 0 fully saturated rings. The van der Waals surface area contributed by atoms with Crippen LogP contribution in [0.5, 0.6) is 0 Å². The fourth-order valence-electron chi connectivity index (χ4n) is 2.03. The first kappa shape index (κ1) is 12.8. The van der Waals surface area contributed by atoms with Crippen LogP contribution in [-0.4, -0.2) is 0 Å². The van der Waals surface area contributed by atoms with Gasteiger partial charge in [0.1, 0.15) is 5.82 Å². The molecule has 0 unspecified atom stereocenters. The van der Waals surface area contributed by atoms with E-state index in [9.17, 15) is 4.39 Å². The van der Waals surface area contributed by atoms with Gasteiger partial charge in [0.05, 0.1) is 0 Å². The molecule has 0 heterocycles. The third kappa shape index (κ3) is 2.45. The number of aryl methyl sites for hydroxylation is 1. The van der Waals surface area contributed by atoms with Crippen molar-refractivity contribution in [2.75, 3.05) is 0 Å². The van der Waals surface area contributed by atoms with Gasteiger partial charge >= 0.3 is 0 Å². The highest BCUT2D eigenvalue weighted by Gasteiger charge is 2.18. The molecule has 0 saturated heterocycles. The maximum atomic E-state index is 14.3. The van der Waals surface area contributed by atoms with E-state index in [1.54, 1.807) is 0 Å². The van der Waals surface area contributed by atoms with Gasteiger partial charge in [0.15, 0.2) is 0 Å². The molecule has 0 aliphatic rings. The molecule has 2 rings (SSSR count). The third-order valence-electron chi connectivity index (χ3n) is 3.21. The molecule has 0 aromatic heterocycles. The number of rotatable bonds is 1. The summed E-state index contributed by atoms with van der Waals surface area (Å²) in [5.74, 6) is -0.116. The Hall–Kier alpha value is -1.63. The highest BCUT2D eigenvalue weighted by atomic mass is 19.1. The lowest BCUT2D eigenvalue weighted by Crippen LogP contribution is -2.12. The Morgan fingerprint density at radius 3 is 2.11 bits per heavy atom. The summed E-state index contributed by atoms with van der Waals surface area (Å²) >= 11 is 0. The highest BCUT2D eigenvalue weighted by molar-refractivity contribution is 5.66. The molecule has 0 atom stereocenters. The van der Waals surface area contributed by atoms with Crippen LogP contribution in [0.2, 0.25) is 0 Å². The molecule has 0 bridgehead atoms. The Labute approximate surface area is 108 Å². The molecule has 0 amide bonds. The van der Waals surface area contributed by atoms with Gasteiger partial charge in [-0.15, -0.1) is 0 Å². The largest absolute Gasteiger partial charge is 0.206 e. The summed E-state index contributed by atoms with van der Waals surface area (Å²) in [6.45, 7) is 8.27. The zero-order valence-corrected chi connectivity index (χ0v) is 11.4. The van der Waals surface area contributed by atoms with Gasteiger partial charge in [-0.3, -0.25) is 0 Å². The maximum Gasteiger partial charge on any atom is 0.133 e. The van der Waals surface area contributed by atoms with Crippen molar-refractivity contribution in [3.63, 3.8) is 0 Å². The lowest BCUT2D eigenvalue weighted by molar-refractivity contribution is 0.581. The molecule has 0 nitrogen and oxygen atoms in total. The van der Waals surface area contributed by atoms with Gasteiger partial charge in [0.2, 0.25) is 0 Å². The molecule has 0 saturated carbocycles. The number of hydrogen-bond acceptors (Lipinski definition) is 0. The zero-order valence-electron chi connectivity index (χ0n) is 11.4. The molecule has 0 aliphatic heterocycles. The van der Waals surface area contributed by atoms with Gasteiger partial charge in [0, 0.05) is 5.56 Å². The molecule has 0 N–H and O–H groups in total. The van der Waals surface area contributed by atoms with Crippen molar-refractivity contribution >= 4 is 0 Å². The van der Waals surface area contributed by atoms with Crippen LogP contribution in [-0.2, 0) is 5.41 Å². The fraction of sp³-hybridized carbons (Fsp3) is 0.294. The standard InChI is InChI=1S/C17H19F/c1-12-10-14(17(2,3)4)11-15(16(12)18)13-8-6-5-7-9-13/h5-11H,1-4H3. The van der Waals surface area contributed by atoms with E-state index >= 15 is 0 Å². The summed E-state index contributed by atoms with van der Waals surface area (Å²) in [4.78, 5) is 0. The molecule has 0 aliphatic carbocycles. The van der Waals surface area contributed by atoms with Crippen LogP contribution in [0.3, 0.4) is 0 Å². The van der Waals surface area contributed by atoms with E-state index in [4.69, 9.17) is 0 Å². The Morgan fingerprint density at radius 1 is 0.944 bits per heavy atom. The van der Waals surface area contributed by atoms with Crippen LogP contribution in [0.15, 0.2) is 42.5 Å². The van der Waals surface area contributed by atoms with Crippen LogP contribution < -0.4 is 0 Å². The van der Waals surface area contributed by atoms with Crippen molar-refractivity contribution in [3.8, 4) is 11.1 Å². The molecular weight excluding hydrogens is 223 g/mol. The van der Waals surface area contributed by atoms with Gasteiger partial charge in [0.25, 0.3) is 0 Å². The van der Waals surface area contributed by atoms with Crippen molar-refractivity contribution in [1.82, 2.24) is 0 Å². The molecule has 94 valence electrons. The van der Waals surface area contributed by atoms with E-state index in [1.165, 1.54) is 5.56 Å². The summed E-state index contributed by atoms with van der Waals surface area (Å²) in [7, 11) is 0. The summed E-state index contributed by atoms with van der Waals surface area (Å²) in [5.41, 5.74) is 3.54. The van der Waals surface area contributed by atoms with Crippen molar-refractivity contribution in [3.05, 3.63) is 59.4 Å². The number of benzene rings is 2. The van der Waals surface area contributed by atoms with Gasteiger partial charge < -0.3 is 0 Å². The molecule has 2 aromatic rings. The van der Waals surface area contributed by atoms with Crippen molar-refractivity contribution in [2.24, 2.45) is 0 Å². The van der Waals surface area contributed by atoms with Crippen molar-refractivity contribution in [1.29, 1.82) is 0 Å². The molecule has 0 radical (unpaired) electrons. The zero-order chi connectivity index (χ0) is 13.3. The second-order valence-corrected chi connectivity index (χ2v) is 5.77. The minimum atomic E-state index is -0.116. The van der Waals surface area contributed by atoms with Gasteiger partial charge in [-0.1, -0.05) is 57.2 Å². The fourth-order valence-corrected chi connectivity index (χ4v) is 2.03. The van der Waals surface area contributed by atoms with Crippen LogP contribution >= 0.6 is 0 Å². The molecule has 1 heteroatoms. The average Bonchev–Trinajstić information content (AvgIpc) is 2.32. The van der Waals surface area contributed by atoms with E-state index in [2.05, 4.69) is 20.8 Å². The third-order valence-corrected chi connectivity index (χ3v) is 3.21. The summed E-state index contributed by atoms with van der Waals surface area (Å²) < 4.78 is 14.3. The summed E-state index contributed by atoms with van der Waals surface area (Å²) in [5, 5.41) is 0. The SMILES string of the molecule is Cc1cc(C(C)(C)C)cc(-c2ccccc2)c1F. The van der Waals surface area contributed by atoms with Gasteiger partial charge in [-0.2, -0.15) is 0 Å². The van der Waals surface area contributed by atoms with Crippen LogP contribution in [0.25, 0.3) is 11.1 Å². The molecule has 18 heavy (non-hydrogen) atoms. The quantitative estimate of drug-likeness (QED) is 0.652. The predicted molar refractivity (Wildman–Crippen MR) is 75.3 cm³/mol. The minimum absolute atomic E-state index is 0.0298. The van der Waals surface area contributed by atoms with E-state index in [-0.39, 0.29) is 11.2 Å².